The molecule has 19 heavy (non-hydrogen) atoms. The second-order valence-electron chi connectivity index (χ2n) is 3.72. The van der Waals surface area contributed by atoms with Crippen molar-refractivity contribution in [2.24, 2.45) is 0 Å². The summed E-state index contributed by atoms with van der Waals surface area (Å²) in [6.07, 6.45) is 3.84. The largest absolute Gasteiger partial charge is 0.478 e. The Hall–Kier alpha value is -1.56. The Morgan fingerprint density at radius 1 is 1.42 bits per heavy atom. The van der Waals surface area contributed by atoms with Crippen molar-refractivity contribution in [2.75, 3.05) is 6.61 Å². The first kappa shape index (κ1) is 15.5. The minimum absolute atomic E-state index is 0. The van der Waals surface area contributed by atoms with Gasteiger partial charge in [0.25, 0.3) is 0 Å². The van der Waals surface area contributed by atoms with Gasteiger partial charge in [-0.1, -0.05) is 11.6 Å². The standard InChI is InChI=1S/C12H11ClN2O3.ClH/c13-11-5-9(1-2-10(11)12(17)18)15-6-8(3-4-16)14-7-15;/h1-2,5-7,16H,3-4H2,(H,17,18);1H. The molecule has 0 atom stereocenters. The number of aliphatic hydroxyl groups excluding tert-OH is 1. The topological polar surface area (TPSA) is 75.3 Å². The summed E-state index contributed by atoms with van der Waals surface area (Å²) in [5.74, 6) is -1.06. The van der Waals surface area contributed by atoms with E-state index < -0.39 is 5.97 Å². The van der Waals surface area contributed by atoms with E-state index in [1.807, 2.05) is 0 Å². The minimum Gasteiger partial charge on any atom is -0.478 e. The van der Waals surface area contributed by atoms with E-state index >= 15 is 0 Å². The van der Waals surface area contributed by atoms with Crippen molar-refractivity contribution in [1.29, 1.82) is 0 Å². The van der Waals surface area contributed by atoms with Crippen LogP contribution >= 0.6 is 24.0 Å². The van der Waals surface area contributed by atoms with E-state index in [-0.39, 0.29) is 29.6 Å². The molecule has 1 aromatic heterocycles. The van der Waals surface area contributed by atoms with Gasteiger partial charge in [0.05, 0.1) is 22.6 Å². The van der Waals surface area contributed by atoms with E-state index in [4.69, 9.17) is 21.8 Å². The van der Waals surface area contributed by atoms with Gasteiger partial charge in [-0.3, -0.25) is 0 Å². The Bertz CT molecular complexity index is 584. The molecule has 0 saturated carbocycles. The number of aromatic nitrogens is 2. The highest BCUT2D eigenvalue weighted by molar-refractivity contribution is 6.33. The van der Waals surface area contributed by atoms with Crippen LogP contribution in [0.15, 0.2) is 30.7 Å². The molecular weight excluding hydrogens is 291 g/mol. The zero-order chi connectivity index (χ0) is 13.1. The van der Waals surface area contributed by atoms with Crippen molar-refractivity contribution in [3.63, 3.8) is 0 Å². The van der Waals surface area contributed by atoms with E-state index in [2.05, 4.69) is 4.98 Å². The van der Waals surface area contributed by atoms with Gasteiger partial charge in [0.2, 0.25) is 0 Å². The Kier molecular flexibility index (Phi) is 5.35. The highest BCUT2D eigenvalue weighted by Crippen LogP contribution is 2.20. The number of imidazole rings is 1. The molecule has 0 aliphatic heterocycles. The van der Waals surface area contributed by atoms with E-state index in [1.54, 1.807) is 29.2 Å². The highest BCUT2D eigenvalue weighted by atomic mass is 35.5. The molecule has 7 heteroatoms. The Balaban J connectivity index is 0.00000180. The molecule has 0 fully saturated rings. The summed E-state index contributed by atoms with van der Waals surface area (Å²) in [5.41, 5.74) is 1.55. The van der Waals surface area contributed by atoms with Crippen molar-refractivity contribution in [2.45, 2.75) is 6.42 Å². The van der Waals surface area contributed by atoms with Gasteiger partial charge in [-0.15, -0.1) is 12.4 Å². The van der Waals surface area contributed by atoms with Crippen LogP contribution in [0.25, 0.3) is 5.69 Å². The number of aromatic carboxylic acids is 1. The predicted octanol–water partition coefficient (Wildman–Crippen LogP) is 2.18. The lowest BCUT2D eigenvalue weighted by Crippen LogP contribution is -1.99. The van der Waals surface area contributed by atoms with Crippen LogP contribution in [0.1, 0.15) is 16.1 Å². The molecule has 1 heterocycles. The number of hydrogen-bond donors (Lipinski definition) is 2. The molecule has 0 saturated heterocycles. The summed E-state index contributed by atoms with van der Waals surface area (Å²) in [4.78, 5) is 14.9. The van der Waals surface area contributed by atoms with Crippen molar-refractivity contribution >= 4 is 30.0 Å². The van der Waals surface area contributed by atoms with Crippen LogP contribution in [0.2, 0.25) is 5.02 Å². The van der Waals surface area contributed by atoms with Gasteiger partial charge in [0, 0.05) is 24.9 Å². The minimum atomic E-state index is -1.06. The van der Waals surface area contributed by atoms with Crippen LogP contribution < -0.4 is 0 Å². The number of nitrogens with zero attached hydrogens (tertiary/aromatic N) is 2. The molecule has 0 aliphatic rings. The predicted molar refractivity (Wildman–Crippen MR) is 73.6 cm³/mol. The zero-order valence-electron chi connectivity index (χ0n) is 9.78. The molecule has 0 bridgehead atoms. The molecule has 2 rings (SSSR count). The summed E-state index contributed by atoms with van der Waals surface area (Å²) in [5, 5.41) is 17.9. The quantitative estimate of drug-likeness (QED) is 0.908. The van der Waals surface area contributed by atoms with E-state index in [0.717, 1.165) is 11.4 Å². The SMILES string of the molecule is Cl.O=C(O)c1ccc(-n2cnc(CCO)c2)cc1Cl. The molecule has 102 valence electrons. The van der Waals surface area contributed by atoms with Crippen LogP contribution in [0.5, 0.6) is 0 Å². The Labute approximate surface area is 120 Å². The van der Waals surface area contributed by atoms with Gasteiger partial charge < -0.3 is 14.8 Å². The second-order valence-corrected chi connectivity index (χ2v) is 4.12. The molecule has 0 aliphatic carbocycles. The highest BCUT2D eigenvalue weighted by Gasteiger charge is 2.09. The van der Waals surface area contributed by atoms with Crippen LogP contribution in [0, 0.1) is 0 Å². The fraction of sp³-hybridized carbons (Fsp3) is 0.167. The number of rotatable bonds is 4. The van der Waals surface area contributed by atoms with Gasteiger partial charge in [-0.25, -0.2) is 9.78 Å². The first-order chi connectivity index (χ1) is 8.61. The van der Waals surface area contributed by atoms with Crippen LogP contribution in [-0.2, 0) is 6.42 Å². The lowest BCUT2D eigenvalue weighted by atomic mass is 10.2. The molecule has 0 amide bonds. The third-order valence-electron chi connectivity index (χ3n) is 2.49. The number of benzene rings is 1. The third kappa shape index (κ3) is 3.47. The van der Waals surface area contributed by atoms with Crippen molar-refractivity contribution < 1.29 is 15.0 Å². The van der Waals surface area contributed by atoms with Gasteiger partial charge in [0.1, 0.15) is 0 Å². The van der Waals surface area contributed by atoms with Crippen molar-refractivity contribution in [3.05, 3.63) is 47.0 Å². The number of hydrogen-bond acceptors (Lipinski definition) is 3. The Morgan fingerprint density at radius 3 is 2.74 bits per heavy atom. The monoisotopic (exact) mass is 302 g/mol. The summed E-state index contributed by atoms with van der Waals surface area (Å²) < 4.78 is 1.72. The molecule has 2 aromatic rings. The van der Waals surface area contributed by atoms with Gasteiger partial charge in [0.15, 0.2) is 0 Å². The lowest BCUT2D eigenvalue weighted by Gasteiger charge is -2.04. The van der Waals surface area contributed by atoms with Crippen LogP contribution in [0.3, 0.4) is 0 Å². The molecule has 0 radical (unpaired) electrons. The molecule has 0 spiro atoms. The second kappa shape index (κ2) is 6.56. The maximum atomic E-state index is 10.8. The van der Waals surface area contributed by atoms with Gasteiger partial charge in [-0.05, 0) is 18.2 Å². The van der Waals surface area contributed by atoms with Gasteiger partial charge in [-0.2, -0.15) is 0 Å². The number of carbonyl (C=O) groups is 1. The molecule has 1 aromatic carbocycles. The average Bonchev–Trinajstić information content (AvgIpc) is 2.77. The smallest absolute Gasteiger partial charge is 0.337 e. The fourth-order valence-electron chi connectivity index (χ4n) is 1.59. The van der Waals surface area contributed by atoms with Crippen LogP contribution in [0.4, 0.5) is 0 Å². The number of carboxylic acids is 1. The summed E-state index contributed by atoms with van der Waals surface area (Å²) >= 11 is 5.89. The average molecular weight is 303 g/mol. The molecule has 2 N–H and O–H groups in total. The maximum Gasteiger partial charge on any atom is 0.337 e. The van der Waals surface area contributed by atoms with Crippen LogP contribution in [-0.4, -0.2) is 32.3 Å². The van der Waals surface area contributed by atoms with E-state index in [0.29, 0.717) is 6.42 Å². The third-order valence-corrected chi connectivity index (χ3v) is 2.80. The first-order valence-corrected chi connectivity index (χ1v) is 5.66. The summed E-state index contributed by atoms with van der Waals surface area (Å²) in [6, 6.07) is 4.67. The molecular formula is C12H12Cl2N2O3. The van der Waals surface area contributed by atoms with E-state index in [9.17, 15) is 4.79 Å². The first-order valence-electron chi connectivity index (χ1n) is 5.29. The zero-order valence-corrected chi connectivity index (χ0v) is 11.4. The maximum absolute atomic E-state index is 10.8. The van der Waals surface area contributed by atoms with Crippen molar-refractivity contribution in [1.82, 2.24) is 9.55 Å². The molecule has 5 nitrogen and oxygen atoms in total. The summed E-state index contributed by atoms with van der Waals surface area (Å²) in [6.45, 7) is 0.0374. The van der Waals surface area contributed by atoms with Gasteiger partial charge >= 0.3 is 5.97 Å². The number of carboxylic acid groups (broad SMARTS) is 1. The van der Waals surface area contributed by atoms with Crippen molar-refractivity contribution in [3.8, 4) is 5.69 Å². The number of halogens is 2. The fourth-order valence-corrected chi connectivity index (χ4v) is 1.84. The lowest BCUT2D eigenvalue weighted by molar-refractivity contribution is 0.0697. The molecule has 0 unspecified atom stereocenters. The summed E-state index contributed by atoms with van der Waals surface area (Å²) in [7, 11) is 0. The Morgan fingerprint density at radius 2 is 2.16 bits per heavy atom. The van der Waals surface area contributed by atoms with E-state index in [1.165, 1.54) is 6.07 Å². The number of aliphatic hydroxyl groups is 1. The normalized spacial score (nSPS) is 10.0.